The number of methoxy groups -OCH3 is 1. The van der Waals surface area contributed by atoms with Crippen molar-refractivity contribution < 1.29 is 14.6 Å². The summed E-state index contributed by atoms with van der Waals surface area (Å²) in [6.45, 7) is 1.67. The molecule has 0 saturated carbocycles. The summed E-state index contributed by atoms with van der Waals surface area (Å²) in [5, 5.41) is 16.1. The van der Waals surface area contributed by atoms with Gasteiger partial charge >= 0.3 is 0 Å². The summed E-state index contributed by atoms with van der Waals surface area (Å²) >= 11 is 0. The second-order valence-corrected chi connectivity index (χ2v) is 4.69. The molecule has 5 heteroatoms. The van der Waals surface area contributed by atoms with E-state index in [1.807, 2.05) is 0 Å². The van der Waals surface area contributed by atoms with Crippen LogP contribution in [0.15, 0.2) is 18.2 Å². The lowest BCUT2D eigenvalue weighted by Gasteiger charge is -2.12. The largest absolute Gasteiger partial charge is 0.504 e. The fourth-order valence-electron chi connectivity index (χ4n) is 2.33. The third kappa shape index (κ3) is 3.38. The predicted molar refractivity (Wildman–Crippen MR) is 72.6 cm³/mol. The first-order valence-corrected chi connectivity index (χ1v) is 6.60. The normalized spacial score (nSPS) is 18.3. The quantitative estimate of drug-likeness (QED) is 0.749. The first-order valence-electron chi connectivity index (χ1n) is 6.60. The van der Waals surface area contributed by atoms with E-state index in [1.165, 1.54) is 20.0 Å². The van der Waals surface area contributed by atoms with Crippen molar-refractivity contribution in [2.24, 2.45) is 0 Å². The van der Waals surface area contributed by atoms with Gasteiger partial charge in [-0.05, 0) is 37.9 Å². The fraction of sp³-hybridized carbons (Fsp3) is 0.500. The first kappa shape index (κ1) is 13.7. The van der Waals surface area contributed by atoms with Gasteiger partial charge in [0.15, 0.2) is 11.5 Å². The smallest absolute Gasteiger partial charge is 0.255 e. The first-order chi connectivity index (χ1) is 9.22. The van der Waals surface area contributed by atoms with Gasteiger partial charge in [-0.25, -0.2) is 0 Å². The molecule has 1 aliphatic rings. The molecule has 1 amide bonds. The molecule has 5 nitrogen and oxygen atoms in total. The Morgan fingerprint density at radius 1 is 1.58 bits per heavy atom. The average Bonchev–Trinajstić information content (AvgIpc) is 2.92. The zero-order valence-electron chi connectivity index (χ0n) is 11.1. The van der Waals surface area contributed by atoms with Crippen LogP contribution in [0.3, 0.4) is 0 Å². The third-order valence-corrected chi connectivity index (χ3v) is 3.40. The second-order valence-electron chi connectivity index (χ2n) is 4.69. The van der Waals surface area contributed by atoms with Crippen molar-refractivity contribution in [1.29, 1.82) is 0 Å². The summed E-state index contributed by atoms with van der Waals surface area (Å²) in [5.41, 5.74) is 0.249. The van der Waals surface area contributed by atoms with E-state index in [4.69, 9.17) is 4.74 Å². The topological polar surface area (TPSA) is 70.6 Å². The maximum Gasteiger partial charge on any atom is 0.255 e. The number of para-hydroxylation sites is 1. The number of aromatic hydroxyl groups is 1. The molecule has 2 rings (SSSR count). The fourth-order valence-corrected chi connectivity index (χ4v) is 2.33. The van der Waals surface area contributed by atoms with Crippen LogP contribution in [-0.4, -0.2) is 37.3 Å². The van der Waals surface area contributed by atoms with Crippen LogP contribution in [0.5, 0.6) is 11.5 Å². The minimum Gasteiger partial charge on any atom is -0.504 e. The summed E-state index contributed by atoms with van der Waals surface area (Å²) in [6, 6.07) is 5.39. The van der Waals surface area contributed by atoms with Crippen molar-refractivity contribution in [2.45, 2.75) is 25.3 Å². The van der Waals surface area contributed by atoms with Gasteiger partial charge in [0.1, 0.15) is 0 Å². The van der Waals surface area contributed by atoms with Crippen LogP contribution in [0.2, 0.25) is 0 Å². The molecule has 1 saturated heterocycles. The van der Waals surface area contributed by atoms with Crippen molar-refractivity contribution >= 4 is 5.91 Å². The summed E-state index contributed by atoms with van der Waals surface area (Å²) in [4.78, 5) is 12.0. The summed E-state index contributed by atoms with van der Waals surface area (Å²) in [5.74, 6) is -0.0685. The Morgan fingerprint density at radius 2 is 2.42 bits per heavy atom. The molecule has 1 heterocycles. The lowest BCUT2D eigenvalue weighted by molar-refractivity contribution is 0.0949. The zero-order valence-corrected chi connectivity index (χ0v) is 11.1. The van der Waals surface area contributed by atoms with Gasteiger partial charge in [-0.1, -0.05) is 6.07 Å². The molecule has 3 N–H and O–H groups in total. The lowest BCUT2D eigenvalue weighted by atomic mass is 10.1. The molecule has 0 bridgehead atoms. The van der Waals surface area contributed by atoms with Gasteiger partial charge in [0.05, 0.1) is 12.7 Å². The van der Waals surface area contributed by atoms with Crippen LogP contribution >= 0.6 is 0 Å². The molecular formula is C14H20N2O3. The molecule has 0 aromatic heterocycles. The SMILES string of the molecule is COc1cccc(C(=O)NCCC2CCCN2)c1O. The van der Waals surface area contributed by atoms with Gasteiger partial charge in [0, 0.05) is 12.6 Å². The highest BCUT2D eigenvalue weighted by molar-refractivity contribution is 5.97. The number of rotatable bonds is 5. The number of phenols is 1. The molecule has 1 unspecified atom stereocenters. The zero-order chi connectivity index (χ0) is 13.7. The van der Waals surface area contributed by atoms with Gasteiger partial charge in [0.25, 0.3) is 5.91 Å². The number of benzene rings is 1. The summed E-state index contributed by atoms with van der Waals surface area (Å²) < 4.78 is 4.98. The highest BCUT2D eigenvalue weighted by atomic mass is 16.5. The van der Waals surface area contributed by atoms with Crippen LogP contribution in [-0.2, 0) is 0 Å². The van der Waals surface area contributed by atoms with Crippen molar-refractivity contribution in [2.75, 3.05) is 20.2 Å². The van der Waals surface area contributed by atoms with E-state index >= 15 is 0 Å². The minimum atomic E-state index is -0.269. The molecule has 1 aromatic carbocycles. The van der Waals surface area contributed by atoms with Gasteiger partial charge in [-0.15, -0.1) is 0 Å². The standard InChI is InChI=1S/C14H20N2O3/c1-19-12-6-2-5-11(13(12)17)14(18)16-9-7-10-4-3-8-15-10/h2,5-6,10,15,17H,3-4,7-9H2,1H3,(H,16,18). The summed E-state index contributed by atoms with van der Waals surface area (Å²) in [6.07, 6.45) is 3.28. The molecule has 0 radical (unpaired) electrons. The molecule has 19 heavy (non-hydrogen) atoms. The van der Waals surface area contributed by atoms with Gasteiger partial charge < -0.3 is 20.5 Å². The molecule has 1 aromatic rings. The van der Waals surface area contributed by atoms with Crippen LogP contribution in [0.25, 0.3) is 0 Å². The molecule has 1 aliphatic heterocycles. The van der Waals surface area contributed by atoms with Crippen LogP contribution in [0, 0.1) is 0 Å². The third-order valence-electron chi connectivity index (χ3n) is 3.40. The lowest BCUT2D eigenvalue weighted by Crippen LogP contribution is -2.30. The Hall–Kier alpha value is -1.75. The average molecular weight is 264 g/mol. The van der Waals surface area contributed by atoms with Crippen LogP contribution < -0.4 is 15.4 Å². The second kappa shape index (κ2) is 6.43. The number of phenolic OH excluding ortho intramolecular Hbond substituents is 1. The Labute approximate surface area is 113 Å². The molecule has 0 aliphatic carbocycles. The predicted octanol–water partition coefficient (Wildman–Crippen LogP) is 1.27. The molecule has 104 valence electrons. The molecule has 1 atom stereocenters. The number of carbonyl (C=O) groups is 1. The van der Waals surface area contributed by atoms with Crippen molar-refractivity contribution in [3.63, 3.8) is 0 Å². The number of hydrogen-bond acceptors (Lipinski definition) is 4. The van der Waals surface area contributed by atoms with E-state index in [2.05, 4.69) is 10.6 Å². The van der Waals surface area contributed by atoms with E-state index in [1.54, 1.807) is 18.2 Å². The minimum absolute atomic E-state index is 0.110. The Morgan fingerprint density at radius 3 is 3.11 bits per heavy atom. The number of ether oxygens (including phenoxy) is 1. The highest BCUT2D eigenvalue weighted by Gasteiger charge is 2.16. The molecule has 0 spiro atoms. The molecular weight excluding hydrogens is 244 g/mol. The van der Waals surface area contributed by atoms with Crippen molar-refractivity contribution in [3.05, 3.63) is 23.8 Å². The van der Waals surface area contributed by atoms with Gasteiger partial charge in [0.2, 0.25) is 0 Å². The summed E-state index contributed by atoms with van der Waals surface area (Å²) in [7, 11) is 1.46. The van der Waals surface area contributed by atoms with E-state index in [-0.39, 0.29) is 17.2 Å². The van der Waals surface area contributed by atoms with Crippen molar-refractivity contribution in [3.8, 4) is 11.5 Å². The van der Waals surface area contributed by atoms with Crippen LogP contribution in [0.4, 0.5) is 0 Å². The maximum absolute atomic E-state index is 12.0. The molecule has 1 fully saturated rings. The number of carbonyl (C=O) groups excluding carboxylic acids is 1. The van der Waals surface area contributed by atoms with E-state index in [0.29, 0.717) is 18.3 Å². The van der Waals surface area contributed by atoms with E-state index in [0.717, 1.165) is 13.0 Å². The number of amides is 1. The van der Waals surface area contributed by atoms with Crippen LogP contribution in [0.1, 0.15) is 29.6 Å². The van der Waals surface area contributed by atoms with E-state index < -0.39 is 0 Å². The Balaban J connectivity index is 1.88. The van der Waals surface area contributed by atoms with Gasteiger partial charge in [-0.2, -0.15) is 0 Å². The Kier molecular flexibility index (Phi) is 4.63. The monoisotopic (exact) mass is 264 g/mol. The number of hydrogen-bond donors (Lipinski definition) is 3. The number of nitrogens with one attached hydrogen (secondary N) is 2. The maximum atomic E-state index is 12.0. The van der Waals surface area contributed by atoms with E-state index in [9.17, 15) is 9.90 Å². The highest BCUT2D eigenvalue weighted by Crippen LogP contribution is 2.29. The van der Waals surface area contributed by atoms with Gasteiger partial charge in [-0.3, -0.25) is 4.79 Å². The van der Waals surface area contributed by atoms with Crippen molar-refractivity contribution in [1.82, 2.24) is 10.6 Å². The Bertz CT molecular complexity index is 442.